The fourth-order valence-corrected chi connectivity index (χ4v) is 3.31. The van der Waals surface area contributed by atoms with Crippen molar-refractivity contribution in [2.75, 3.05) is 26.2 Å². The van der Waals surface area contributed by atoms with E-state index < -0.39 is 11.7 Å². The Balaban J connectivity index is 1.72. The van der Waals surface area contributed by atoms with Crippen LogP contribution in [0.1, 0.15) is 44.2 Å². The van der Waals surface area contributed by atoms with Crippen molar-refractivity contribution in [3.63, 3.8) is 0 Å². The third kappa shape index (κ3) is 4.52. The van der Waals surface area contributed by atoms with Crippen molar-refractivity contribution in [2.24, 2.45) is 0 Å². The van der Waals surface area contributed by atoms with Gasteiger partial charge in [-0.1, -0.05) is 24.2 Å². The molecule has 2 aromatic rings. The number of carbonyl (C=O) groups is 1. The summed E-state index contributed by atoms with van der Waals surface area (Å²) in [4.78, 5) is 20.2. The summed E-state index contributed by atoms with van der Waals surface area (Å²) < 4.78 is 44.1. The Morgan fingerprint density at radius 2 is 2.04 bits per heavy atom. The molecule has 0 saturated carbocycles. The van der Waals surface area contributed by atoms with Gasteiger partial charge in [0, 0.05) is 38.2 Å². The predicted octanol–water partition coefficient (Wildman–Crippen LogP) is 3.76. The van der Waals surface area contributed by atoms with Crippen molar-refractivity contribution in [2.45, 2.75) is 38.9 Å². The van der Waals surface area contributed by atoms with Gasteiger partial charge in [0.2, 0.25) is 17.6 Å². The molecular formula is C19H23F3N4O2. The second kappa shape index (κ2) is 8.30. The first-order chi connectivity index (χ1) is 13.3. The second-order valence-corrected chi connectivity index (χ2v) is 6.83. The Labute approximate surface area is 161 Å². The summed E-state index contributed by atoms with van der Waals surface area (Å²) in [6.45, 7) is 6.56. The predicted molar refractivity (Wildman–Crippen MR) is 96.2 cm³/mol. The molecule has 1 aliphatic rings. The third-order valence-corrected chi connectivity index (χ3v) is 4.98. The van der Waals surface area contributed by atoms with Crippen molar-refractivity contribution >= 4 is 5.91 Å². The standard InChI is InChI=1S/C19H23F3N4O2/c1-3-16(27)26-9-5-8-25(10-11-26)13(2)18-23-17(24-28-18)14-6-4-7-15(12-14)19(20,21)22/h4,6-7,12-13H,3,5,8-11H2,1-2H3. The van der Waals surface area contributed by atoms with E-state index in [0.717, 1.165) is 31.6 Å². The van der Waals surface area contributed by atoms with Gasteiger partial charge in [0.05, 0.1) is 11.6 Å². The normalized spacial score (nSPS) is 17.4. The van der Waals surface area contributed by atoms with Crippen molar-refractivity contribution in [1.29, 1.82) is 0 Å². The summed E-state index contributed by atoms with van der Waals surface area (Å²) in [6.07, 6.45) is -3.10. The quantitative estimate of drug-likeness (QED) is 0.788. The summed E-state index contributed by atoms with van der Waals surface area (Å²) >= 11 is 0. The van der Waals surface area contributed by atoms with Crippen molar-refractivity contribution in [3.05, 3.63) is 35.7 Å². The van der Waals surface area contributed by atoms with Crippen LogP contribution in [0.4, 0.5) is 13.2 Å². The average Bonchev–Trinajstić information content (AvgIpc) is 3.04. The number of hydrogen-bond acceptors (Lipinski definition) is 5. The number of nitrogens with zero attached hydrogens (tertiary/aromatic N) is 4. The van der Waals surface area contributed by atoms with E-state index in [-0.39, 0.29) is 23.3 Å². The largest absolute Gasteiger partial charge is 0.416 e. The minimum atomic E-state index is -4.43. The first kappa shape index (κ1) is 20.3. The molecule has 0 spiro atoms. The van der Waals surface area contributed by atoms with E-state index in [1.807, 2.05) is 18.7 Å². The monoisotopic (exact) mass is 396 g/mol. The van der Waals surface area contributed by atoms with Crippen LogP contribution in [0.5, 0.6) is 0 Å². The minimum Gasteiger partial charge on any atom is -0.341 e. The van der Waals surface area contributed by atoms with Crippen LogP contribution >= 0.6 is 0 Å². The summed E-state index contributed by atoms with van der Waals surface area (Å²) in [5.41, 5.74) is -0.495. The SMILES string of the molecule is CCC(=O)N1CCCN(C(C)c2nc(-c3cccc(C(F)(F)F)c3)no2)CC1. The summed E-state index contributed by atoms with van der Waals surface area (Å²) in [7, 11) is 0. The van der Waals surface area contributed by atoms with Gasteiger partial charge in [-0.3, -0.25) is 9.69 Å². The minimum absolute atomic E-state index is 0.130. The maximum atomic E-state index is 12.9. The lowest BCUT2D eigenvalue weighted by Gasteiger charge is -2.25. The zero-order valence-electron chi connectivity index (χ0n) is 15.9. The van der Waals surface area contributed by atoms with Crippen LogP contribution in [0, 0.1) is 0 Å². The molecule has 2 heterocycles. The molecule has 28 heavy (non-hydrogen) atoms. The van der Waals surface area contributed by atoms with E-state index in [1.165, 1.54) is 12.1 Å². The van der Waals surface area contributed by atoms with E-state index in [9.17, 15) is 18.0 Å². The lowest BCUT2D eigenvalue weighted by molar-refractivity contribution is -0.137. The Morgan fingerprint density at radius 3 is 2.75 bits per heavy atom. The topological polar surface area (TPSA) is 62.5 Å². The highest BCUT2D eigenvalue weighted by Gasteiger charge is 2.31. The number of halogens is 3. The van der Waals surface area contributed by atoms with Crippen LogP contribution in [0.3, 0.4) is 0 Å². The fraction of sp³-hybridized carbons (Fsp3) is 0.526. The van der Waals surface area contributed by atoms with Crippen molar-refractivity contribution in [1.82, 2.24) is 19.9 Å². The number of amides is 1. The zero-order valence-corrected chi connectivity index (χ0v) is 15.9. The molecule has 9 heteroatoms. The zero-order chi connectivity index (χ0) is 20.3. The molecule has 0 N–H and O–H groups in total. The van der Waals surface area contributed by atoms with E-state index in [0.29, 0.717) is 25.4 Å². The molecule has 1 aromatic carbocycles. The molecule has 1 aliphatic heterocycles. The Kier molecular flexibility index (Phi) is 6.02. The number of rotatable bonds is 4. The molecule has 152 valence electrons. The van der Waals surface area contributed by atoms with Gasteiger partial charge < -0.3 is 9.42 Å². The van der Waals surface area contributed by atoms with Gasteiger partial charge in [0.25, 0.3) is 0 Å². The third-order valence-electron chi connectivity index (χ3n) is 4.98. The molecular weight excluding hydrogens is 373 g/mol. The molecule has 1 atom stereocenters. The van der Waals surface area contributed by atoms with E-state index in [1.54, 1.807) is 0 Å². The van der Waals surface area contributed by atoms with Gasteiger partial charge in [-0.05, 0) is 25.5 Å². The molecule has 6 nitrogen and oxygen atoms in total. The Morgan fingerprint density at radius 1 is 1.25 bits per heavy atom. The summed E-state index contributed by atoms with van der Waals surface area (Å²) in [5.74, 6) is 0.618. The fourth-order valence-electron chi connectivity index (χ4n) is 3.31. The second-order valence-electron chi connectivity index (χ2n) is 6.83. The lowest BCUT2D eigenvalue weighted by atomic mass is 10.1. The van der Waals surface area contributed by atoms with Gasteiger partial charge in [0.15, 0.2) is 0 Å². The van der Waals surface area contributed by atoms with Crippen LogP contribution in [-0.4, -0.2) is 52.0 Å². The van der Waals surface area contributed by atoms with Crippen molar-refractivity contribution < 1.29 is 22.5 Å². The molecule has 1 fully saturated rings. The molecule has 1 amide bonds. The lowest BCUT2D eigenvalue weighted by Crippen LogP contribution is -2.35. The highest BCUT2D eigenvalue weighted by atomic mass is 19.4. The Bertz CT molecular complexity index is 822. The van der Waals surface area contributed by atoms with Crippen LogP contribution in [0.2, 0.25) is 0 Å². The number of hydrogen-bond donors (Lipinski definition) is 0. The molecule has 0 aliphatic carbocycles. The number of benzene rings is 1. The van der Waals surface area contributed by atoms with Gasteiger partial charge in [0.1, 0.15) is 0 Å². The highest BCUT2D eigenvalue weighted by molar-refractivity contribution is 5.75. The van der Waals surface area contributed by atoms with E-state index in [4.69, 9.17) is 4.52 Å². The molecule has 3 rings (SSSR count). The maximum Gasteiger partial charge on any atom is 0.416 e. The number of carbonyl (C=O) groups excluding carboxylic acids is 1. The van der Waals surface area contributed by atoms with E-state index in [2.05, 4.69) is 15.0 Å². The maximum absolute atomic E-state index is 12.9. The molecule has 0 radical (unpaired) electrons. The van der Waals surface area contributed by atoms with Crippen LogP contribution in [0.15, 0.2) is 28.8 Å². The average molecular weight is 396 g/mol. The van der Waals surface area contributed by atoms with Crippen molar-refractivity contribution in [3.8, 4) is 11.4 Å². The van der Waals surface area contributed by atoms with Gasteiger partial charge in [-0.2, -0.15) is 18.2 Å². The number of alkyl halides is 3. The molecule has 1 aromatic heterocycles. The van der Waals surface area contributed by atoms with Gasteiger partial charge in [-0.15, -0.1) is 0 Å². The van der Waals surface area contributed by atoms with Crippen LogP contribution in [0.25, 0.3) is 11.4 Å². The molecule has 1 unspecified atom stereocenters. The Hall–Kier alpha value is -2.42. The first-order valence-corrected chi connectivity index (χ1v) is 9.32. The number of aromatic nitrogens is 2. The van der Waals surface area contributed by atoms with Gasteiger partial charge in [-0.25, -0.2) is 0 Å². The van der Waals surface area contributed by atoms with Crippen LogP contribution < -0.4 is 0 Å². The smallest absolute Gasteiger partial charge is 0.341 e. The summed E-state index contributed by atoms with van der Waals surface area (Å²) in [6, 6.07) is 4.68. The van der Waals surface area contributed by atoms with E-state index >= 15 is 0 Å². The van der Waals surface area contributed by atoms with Gasteiger partial charge >= 0.3 is 6.18 Å². The van der Waals surface area contributed by atoms with Crippen LogP contribution in [-0.2, 0) is 11.0 Å². The molecule has 0 bridgehead atoms. The first-order valence-electron chi connectivity index (χ1n) is 9.32. The summed E-state index contributed by atoms with van der Waals surface area (Å²) in [5, 5.41) is 3.86. The molecule has 1 saturated heterocycles. The highest BCUT2D eigenvalue weighted by Crippen LogP contribution is 2.32.